The highest BCUT2D eigenvalue weighted by atomic mass is 19.4. The molecule has 0 spiro atoms. The topological polar surface area (TPSA) is 84.1 Å². The summed E-state index contributed by atoms with van der Waals surface area (Å²) < 4.78 is 41.3. The molecule has 0 radical (unpaired) electrons. The van der Waals surface area contributed by atoms with Gasteiger partial charge in [0, 0.05) is 25.7 Å². The predicted octanol–water partition coefficient (Wildman–Crippen LogP) is 6.05. The Morgan fingerprint density at radius 1 is 1.13 bits per heavy atom. The molecule has 198 valence electrons. The maximum atomic E-state index is 13.2. The predicted molar refractivity (Wildman–Crippen MR) is 138 cm³/mol. The Morgan fingerprint density at radius 2 is 1.82 bits per heavy atom. The number of aromatic nitrogens is 4. The molecule has 1 N–H and O–H groups in total. The highest BCUT2D eigenvalue weighted by Gasteiger charge is 2.46. The molecule has 0 aliphatic heterocycles. The minimum absolute atomic E-state index is 0.198. The molecular formula is C28H28F3N5O2. The number of alkyl halides is 3. The number of benzene rings is 2. The first kappa shape index (κ1) is 25.7. The third-order valence-electron chi connectivity index (χ3n) is 7.25. The number of fused-ring (bicyclic) bond motifs is 1. The van der Waals surface area contributed by atoms with Gasteiger partial charge in [-0.15, -0.1) is 0 Å². The van der Waals surface area contributed by atoms with Crippen LogP contribution in [0.1, 0.15) is 47.6 Å². The van der Waals surface area contributed by atoms with Crippen LogP contribution in [0.4, 0.5) is 19.0 Å². The van der Waals surface area contributed by atoms with Crippen LogP contribution >= 0.6 is 0 Å². The number of hydrogen-bond acceptors (Lipinski definition) is 5. The number of aromatic carboxylic acids is 1. The van der Waals surface area contributed by atoms with Gasteiger partial charge in [0.05, 0.1) is 5.56 Å². The van der Waals surface area contributed by atoms with Crippen LogP contribution in [0, 0.1) is 18.3 Å². The molecule has 38 heavy (non-hydrogen) atoms. The van der Waals surface area contributed by atoms with Crippen LogP contribution in [-0.4, -0.2) is 44.2 Å². The molecule has 5 rings (SSSR count). The monoisotopic (exact) mass is 523 g/mol. The van der Waals surface area contributed by atoms with Gasteiger partial charge in [-0.25, -0.2) is 19.7 Å². The van der Waals surface area contributed by atoms with E-state index >= 15 is 0 Å². The van der Waals surface area contributed by atoms with Crippen LogP contribution in [0.15, 0.2) is 48.5 Å². The van der Waals surface area contributed by atoms with Gasteiger partial charge in [-0.1, -0.05) is 49.7 Å². The molecule has 1 saturated carbocycles. The van der Waals surface area contributed by atoms with Gasteiger partial charge in [0.1, 0.15) is 11.3 Å². The van der Waals surface area contributed by atoms with Gasteiger partial charge >= 0.3 is 12.1 Å². The van der Waals surface area contributed by atoms with Gasteiger partial charge in [-0.2, -0.15) is 13.2 Å². The third kappa shape index (κ3) is 4.94. The van der Waals surface area contributed by atoms with Gasteiger partial charge in [0.25, 0.3) is 0 Å². The highest BCUT2D eigenvalue weighted by Crippen LogP contribution is 2.52. The Bertz CT molecular complexity index is 1530. The molecule has 1 aliphatic rings. The van der Waals surface area contributed by atoms with Crippen LogP contribution in [0.25, 0.3) is 22.6 Å². The summed E-state index contributed by atoms with van der Waals surface area (Å²) in [6.45, 7) is 7.20. The lowest BCUT2D eigenvalue weighted by molar-refractivity contribution is -0.137. The third-order valence-corrected chi connectivity index (χ3v) is 7.25. The number of nitrogens with zero attached hydrogens (tertiary/aromatic N) is 5. The second-order valence-corrected chi connectivity index (χ2v) is 10.7. The number of rotatable bonds is 7. The van der Waals surface area contributed by atoms with Crippen molar-refractivity contribution in [2.75, 3.05) is 18.5 Å². The Morgan fingerprint density at radius 3 is 2.39 bits per heavy atom. The number of carbonyl (C=O) groups is 1. The van der Waals surface area contributed by atoms with Crippen LogP contribution in [0.3, 0.4) is 0 Å². The summed E-state index contributed by atoms with van der Waals surface area (Å²) >= 11 is 0. The number of anilines is 1. The Kier molecular flexibility index (Phi) is 6.16. The minimum atomic E-state index is -4.43. The van der Waals surface area contributed by atoms with Crippen molar-refractivity contribution in [1.29, 1.82) is 0 Å². The number of carboxylic acids is 1. The summed E-state index contributed by atoms with van der Waals surface area (Å²) in [6.07, 6.45) is -3.38. The lowest BCUT2D eigenvalue weighted by Crippen LogP contribution is -2.25. The summed E-state index contributed by atoms with van der Waals surface area (Å²) in [5, 5.41) is 9.71. The van der Waals surface area contributed by atoms with E-state index in [1.807, 2.05) is 47.7 Å². The molecular weight excluding hydrogens is 495 g/mol. The Balaban J connectivity index is 1.69. The molecule has 2 aromatic carbocycles. The van der Waals surface area contributed by atoms with Crippen molar-refractivity contribution in [3.05, 3.63) is 71.0 Å². The quantitative estimate of drug-likeness (QED) is 0.318. The van der Waals surface area contributed by atoms with E-state index in [4.69, 9.17) is 4.98 Å². The molecule has 1 unspecified atom stereocenters. The molecule has 1 aliphatic carbocycles. The largest absolute Gasteiger partial charge is 0.475 e. The van der Waals surface area contributed by atoms with Gasteiger partial charge in [-0.3, -0.25) is 0 Å². The van der Waals surface area contributed by atoms with E-state index < -0.39 is 17.7 Å². The van der Waals surface area contributed by atoms with E-state index in [1.165, 1.54) is 12.1 Å². The molecule has 2 aromatic heterocycles. The average Bonchev–Trinajstić information content (AvgIpc) is 3.27. The molecule has 0 saturated heterocycles. The average molecular weight is 524 g/mol. The summed E-state index contributed by atoms with van der Waals surface area (Å²) in [5.74, 6) is -0.240. The van der Waals surface area contributed by atoms with Crippen molar-refractivity contribution in [1.82, 2.24) is 19.5 Å². The zero-order valence-electron chi connectivity index (χ0n) is 21.5. The summed E-state index contributed by atoms with van der Waals surface area (Å²) in [7, 11) is 1.86. The van der Waals surface area contributed by atoms with Crippen LogP contribution in [-0.2, 0) is 12.7 Å². The first-order chi connectivity index (χ1) is 17.8. The van der Waals surface area contributed by atoms with Crippen molar-refractivity contribution in [2.45, 2.75) is 39.9 Å². The second-order valence-electron chi connectivity index (χ2n) is 10.7. The molecule has 7 nitrogen and oxygen atoms in total. The standard InChI is InChI=1S/C28H28F3N5O2/c1-16-6-5-7-18(12-16)24-33-22-21(36(24)14-17-8-10-19(11-9-17)28(29,30)31)25(34-23(32-22)26(37)38)35(4)15-20-13-27(20,2)3/h5-12,20H,13-15H2,1-4H3,(H,37,38). The van der Waals surface area contributed by atoms with Crippen molar-refractivity contribution in [2.24, 2.45) is 11.3 Å². The van der Waals surface area contributed by atoms with Crippen LogP contribution in [0.2, 0.25) is 0 Å². The van der Waals surface area contributed by atoms with Crippen molar-refractivity contribution < 1.29 is 23.1 Å². The fraction of sp³-hybridized carbons (Fsp3) is 0.357. The molecule has 1 atom stereocenters. The molecule has 0 amide bonds. The van der Waals surface area contributed by atoms with Gasteiger partial charge < -0.3 is 14.6 Å². The van der Waals surface area contributed by atoms with Crippen LogP contribution < -0.4 is 4.90 Å². The second kappa shape index (κ2) is 9.11. The smallest absolute Gasteiger partial charge is 0.416 e. The number of imidazole rings is 1. The van der Waals surface area contributed by atoms with Gasteiger partial charge in [0.15, 0.2) is 11.5 Å². The zero-order chi connectivity index (χ0) is 27.4. The fourth-order valence-corrected chi connectivity index (χ4v) is 4.82. The minimum Gasteiger partial charge on any atom is -0.475 e. The number of carboxylic acid groups (broad SMARTS) is 1. The van der Waals surface area contributed by atoms with Crippen LogP contribution in [0.5, 0.6) is 0 Å². The van der Waals surface area contributed by atoms with E-state index in [2.05, 4.69) is 23.8 Å². The fourth-order valence-electron chi connectivity index (χ4n) is 4.82. The van der Waals surface area contributed by atoms with Gasteiger partial charge in [-0.05, 0) is 48.4 Å². The van der Waals surface area contributed by atoms with E-state index in [1.54, 1.807) is 0 Å². The lowest BCUT2D eigenvalue weighted by atomic mass is 10.1. The number of halogens is 3. The molecule has 2 heterocycles. The van der Waals surface area contributed by atoms with E-state index in [0.29, 0.717) is 35.2 Å². The molecule has 1 fully saturated rings. The van der Waals surface area contributed by atoms with E-state index in [9.17, 15) is 23.1 Å². The normalized spacial score (nSPS) is 16.6. The first-order valence-electron chi connectivity index (χ1n) is 12.3. The lowest BCUT2D eigenvalue weighted by Gasteiger charge is -2.21. The summed E-state index contributed by atoms with van der Waals surface area (Å²) in [6, 6.07) is 12.7. The molecule has 4 aromatic rings. The number of hydrogen-bond donors (Lipinski definition) is 1. The highest BCUT2D eigenvalue weighted by molar-refractivity contribution is 5.92. The first-order valence-corrected chi connectivity index (χ1v) is 12.3. The summed E-state index contributed by atoms with van der Waals surface area (Å²) in [5.41, 5.74) is 2.64. The van der Waals surface area contributed by atoms with E-state index in [-0.39, 0.29) is 23.4 Å². The Hall–Kier alpha value is -3.95. The number of aryl methyl sites for hydroxylation is 1. The van der Waals surface area contributed by atoms with Crippen molar-refractivity contribution in [3.8, 4) is 11.4 Å². The van der Waals surface area contributed by atoms with Gasteiger partial charge in [0.2, 0.25) is 5.82 Å². The van der Waals surface area contributed by atoms with Crippen molar-refractivity contribution >= 4 is 23.0 Å². The Labute approximate surface area is 218 Å². The molecule has 10 heteroatoms. The maximum Gasteiger partial charge on any atom is 0.416 e. The maximum absolute atomic E-state index is 13.2. The summed E-state index contributed by atoms with van der Waals surface area (Å²) in [4.78, 5) is 27.2. The SMILES string of the molecule is Cc1cccc(-c2nc3nc(C(=O)O)nc(N(C)CC4CC4(C)C)c3n2Cc2ccc(C(F)(F)F)cc2)c1. The van der Waals surface area contributed by atoms with E-state index in [0.717, 1.165) is 29.7 Å². The van der Waals surface area contributed by atoms with Crippen molar-refractivity contribution in [3.63, 3.8) is 0 Å². The molecule has 0 bridgehead atoms. The zero-order valence-corrected chi connectivity index (χ0v) is 21.5.